The van der Waals surface area contributed by atoms with Crippen LogP contribution in [0.2, 0.25) is 0 Å². The van der Waals surface area contributed by atoms with Gasteiger partial charge in [-0.05, 0) is 55.1 Å². The van der Waals surface area contributed by atoms with Gasteiger partial charge in [0.1, 0.15) is 0 Å². The predicted molar refractivity (Wildman–Crippen MR) is 122 cm³/mol. The van der Waals surface area contributed by atoms with Crippen LogP contribution < -0.4 is 5.56 Å². The quantitative estimate of drug-likeness (QED) is 0.659. The summed E-state index contributed by atoms with van der Waals surface area (Å²) in [6.45, 7) is 3.21. The number of aromatic nitrogens is 2. The van der Waals surface area contributed by atoms with Gasteiger partial charge in [0.25, 0.3) is 5.56 Å². The van der Waals surface area contributed by atoms with Crippen LogP contribution in [0.5, 0.6) is 0 Å². The van der Waals surface area contributed by atoms with E-state index in [1.165, 1.54) is 5.56 Å². The summed E-state index contributed by atoms with van der Waals surface area (Å²) in [6, 6.07) is 18.5. The van der Waals surface area contributed by atoms with Gasteiger partial charge >= 0.3 is 0 Å². The first-order valence-electron chi connectivity index (χ1n) is 11.3. The molecule has 3 aromatic rings. The fourth-order valence-electron chi connectivity index (χ4n) is 5.53. The van der Waals surface area contributed by atoms with Crippen molar-refractivity contribution in [2.45, 2.75) is 51.5 Å². The lowest BCUT2D eigenvalue weighted by Crippen LogP contribution is -2.50. The highest BCUT2D eigenvalue weighted by molar-refractivity contribution is 5.83. The Morgan fingerprint density at radius 1 is 1.03 bits per heavy atom. The van der Waals surface area contributed by atoms with E-state index < -0.39 is 0 Å². The number of nitrogens with one attached hydrogen (secondary N) is 1. The number of hydrogen-bond donors (Lipinski definition) is 1. The molecule has 1 aromatic heterocycles. The monoisotopic (exact) mass is 415 g/mol. The van der Waals surface area contributed by atoms with Crippen LogP contribution in [0, 0.1) is 11.3 Å². The highest BCUT2D eigenvalue weighted by Gasteiger charge is 2.46. The van der Waals surface area contributed by atoms with Crippen LogP contribution >= 0.6 is 0 Å². The molecule has 0 spiro atoms. The Morgan fingerprint density at radius 2 is 1.74 bits per heavy atom. The molecule has 1 amide bonds. The van der Waals surface area contributed by atoms with Crippen molar-refractivity contribution in [3.8, 4) is 0 Å². The van der Waals surface area contributed by atoms with Crippen LogP contribution in [0.25, 0.3) is 10.8 Å². The number of aromatic amines is 1. The maximum absolute atomic E-state index is 12.7. The topological polar surface area (TPSA) is 66.1 Å². The molecule has 31 heavy (non-hydrogen) atoms. The lowest BCUT2D eigenvalue weighted by atomic mass is 9.63. The summed E-state index contributed by atoms with van der Waals surface area (Å²) >= 11 is 0. The van der Waals surface area contributed by atoms with Crippen molar-refractivity contribution < 1.29 is 4.79 Å². The van der Waals surface area contributed by atoms with Gasteiger partial charge < -0.3 is 4.90 Å². The van der Waals surface area contributed by atoms with Gasteiger partial charge in [-0.1, -0.05) is 55.5 Å². The first kappa shape index (κ1) is 20.0. The second kappa shape index (κ2) is 7.95. The summed E-state index contributed by atoms with van der Waals surface area (Å²) in [4.78, 5) is 26.8. The molecule has 1 N–H and O–H groups in total. The van der Waals surface area contributed by atoms with E-state index >= 15 is 0 Å². The SMILES string of the molecule is C[C@]1(CCc2n[nH]c(=O)c3ccccc23)C[C@H](N2C[C@H](Cc3ccccc3)CC2=O)C1. The summed E-state index contributed by atoms with van der Waals surface area (Å²) in [5.74, 6) is 0.750. The second-order valence-electron chi connectivity index (χ2n) is 9.72. The van der Waals surface area contributed by atoms with E-state index in [4.69, 9.17) is 0 Å². The highest BCUT2D eigenvalue weighted by atomic mass is 16.2. The largest absolute Gasteiger partial charge is 0.339 e. The molecule has 1 saturated heterocycles. The van der Waals surface area contributed by atoms with Gasteiger partial charge in [0.15, 0.2) is 0 Å². The number of H-pyrrole nitrogens is 1. The molecule has 1 atom stereocenters. The Morgan fingerprint density at radius 3 is 2.52 bits per heavy atom. The summed E-state index contributed by atoms with van der Waals surface area (Å²) in [7, 11) is 0. The van der Waals surface area contributed by atoms with E-state index in [2.05, 4.69) is 46.3 Å². The Bertz CT molecular complexity index is 1150. The molecular weight excluding hydrogens is 386 g/mol. The van der Waals surface area contributed by atoms with E-state index in [0.717, 1.165) is 49.7 Å². The third kappa shape index (κ3) is 4.01. The lowest BCUT2D eigenvalue weighted by molar-refractivity contribution is -0.134. The lowest BCUT2D eigenvalue weighted by Gasteiger charge is -2.49. The molecule has 0 unspecified atom stereocenters. The Hall–Kier alpha value is -2.95. The van der Waals surface area contributed by atoms with E-state index in [0.29, 0.717) is 29.7 Å². The summed E-state index contributed by atoms with van der Waals surface area (Å²) in [6.07, 6.45) is 5.62. The molecule has 5 rings (SSSR count). The number of rotatable bonds is 6. The van der Waals surface area contributed by atoms with Crippen LogP contribution in [0.3, 0.4) is 0 Å². The van der Waals surface area contributed by atoms with Gasteiger partial charge in [-0.2, -0.15) is 5.10 Å². The molecule has 0 radical (unpaired) electrons. The van der Waals surface area contributed by atoms with Crippen molar-refractivity contribution in [1.29, 1.82) is 0 Å². The molecule has 2 aromatic carbocycles. The molecule has 160 valence electrons. The van der Waals surface area contributed by atoms with E-state index in [-0.39, 0.29) is 11.0 Å². The van der Waals surface area contributed by atoms with Gasteiger partial charge in [-0.3, -0.25) is 9.59 Å². The summed E-state index contributed by atoms with van der Waals surface area (Å²) < 4.78 is 0. The number of hydrogen-bond acceptors (Lipinski definition) is 3. The van der Waals surface area contributed by atoms with Crippen molar-refractivity contribution in [2.24, 2.45) is 11.3 Å². The minimum atomic E-state index is -0.133. The van der Waals surface area contributed by atoms with E-state index in [1.807, 2.05) is 30.3 Å². The molecule has 2 heterocycles. The average molecular weight is 416 g/mol. The van der Waals surface area contributed by atoms with Gasteiger partial charge in [0.2, 0.25) is 5.91 Å². The number of carbonyl (C=O) groups excluding carboxylic acids is 1. The molecule has 5 nitrogen and oxygen atoms in total. The van der Waals surface area contributed by atoms with Crippen LogP contribution in [-0.4, -0.2) is 33.6 Å². The molecule has 1 saturated carbocycles. The zero-order valence-corrected chi connectivity index (χ0v) is 18.0. The predicted octanol–water partition coefficient (Wildman–Crippen LogP) is 4.12. The van der Waals surface area contributed by atoms with Gasteiger partial charge in [0, 0.05) is 24.4 Å². The number of likely N-dealkylation sites (tertiary alicyclic amines) is 1. The first-order chi connectivity index (χ1) is 15.0. The van der Waals surface area contributed by atoms with Crippen LogP contribution in [0.15, 0.2) is 59.4 Å². The van der Waals surface area contributed by atoms with Gasteiger partial charge in [0.05, 0.1) is 11.1 Å². The van der Waals surface area contributed by atoms with Crippen molar-refractivity contribution in [3.63, 3.8) is 0 Å². The third-order valence-corrected chi connectivity index (χ3v) is 7.24. The third-order valence-electron chi connectivity index (χ3n) is 7.24. The van der Waals surface area contributed by atoms with E-state index in [9.17, 15) is 9.59 Å². The molecule has 2 fully saturated rings. The fraction of sp³-hybridized carbons (Fsp3) is 0.423. The number of aryl methyl sites for hydroxylation is 1. The minimum absolute atomic E-state index is 0.133. The average Bonchev–Trinajstić information content (AvgIpc) is 3.12. The normalized spacial score (nSPS) is 25.7. The fourth-order valence-corrected chi connectivity index (χ4v) is 5.53. The smallest absolute Gasteiger partial charge is 0.272 e. The molecule has 0 bridgehead atoms. The van der Waals surface area contributed by atoms with Crippen molar-refractivity contribution in [1.82, 2.24) is 15.1 Å². The Kier molecular flexibility index (Phi) is 5.12. The highest BCUT2D eigenvalue weighted by Crippen LogP contribution is 2.48. The van der Waals surface area contributed by atoms with Crippen molar-refractivity contribution >= 4 is 16.7 Å². The van der Waals surface area contributed by atoms with Crippen molar-refractivity contribution in [3.05, 3.63) is 76.2 Å². The van der Waals surface area contributed by atoms with E-state index in [1.54, 1.807) is 0 Å². The molecule has 2 aliphatic rings. The maximum Gasteiger partial charge on any atom is 0.272 e. The zero-order chi connectivity index (χ0) is 21.4. The standard InChI is InChI=1S/C26H29N3O2/c1-26(12-11-23-21-9-5-6-10-22(21)25(31)28-27-23)15-20(16-26)29-17-19(14-24(29)30)13-18-7-3-2-4-8-18/h2-10,19-20H,11-17H2,1H3,(H,28,31)/t19-,20-,26-/m1/s1. The van der Waals surface area contributed by atoms with Crippen LogP contribution in [0.4, 0.5) is 0 Å². The first-order valence-corrected chi connectivity index (χ1v) is 11.3. The van der Waals surface area contributed by atoms with Gasteiger partial charge in [-0.25, -0.2) is 5.10 Å². The summed E-state index contributed by atoms with van der Waals surface area (Å²) in [5.41, 5.74) is 2.37. The Labute approximate surface area is 182 Å². The number of benzene rings is 2. The minimum Gasteiger partial charge on any atom is -0.339 e. The second-order valence-corrected chi connectivity index (χ2v) is 9.72. The number of nitrogens with zero attached hydrogens (tertiary/aromatic N) is 2. The van der Waals surface area contributed by atoms with Crippen molar-refractivity contribution in [2.75, 3.05) is 6.54 Å². The zero-order valence-electron chi connectivity index (χ0n) is 18.0. The molecular formula is C26H29N3O2. The molecule has 1 aliphatic heterocycles. The summed E-state index contributed by atoms with van der Waals surface area (Å²) in [5, 5.41) is 8.62. The van der Waals surface area contributed by atoms with Crippen LogP contribution in [-0.2, 0) is 17.6 Å². The Balaban J connectivity index is 1.18. The molecule has 5 heteroatoms. The number of amides is 1. The molecule has 1 aliphatic carbocycles. The maximum atomic E-state index is 12.7. The number of carbonyl (C=O) groups is 1. The van der Waals surface area contributed by atoms with Crippen LogP contribution in [0.1, 0.15) is 43.9 Å². The number of fused-ring (bicyclic) bond motifs is 1. The van der Waals surface area contributed by atoms with Gasteiger partial charge in [-0.15, -0.1) is 0 Å².